The summed E-state index contributed by atoms with van der Waals surface area (Å²) in [5.74, 6) is -0.261. The van der Waals surface area contributed by atoms with Gasteiger partial charge in [-0.1, -0.05) is 91.0 Å². The van der Waals surface area contributed by atoms with E-state index in [1.165, 1.54) is 18.2 Å². The molecule has 1 aliphatic rings. The Morgan fingerprint density at radius 3 is 1.88 bits per heavy atom. The fourth-order valence-electron chi connectivity index (χ4n) is 4.56. The maximum atomic E-state index is 12.6. The average molecular weight is 464 g/mol. The first-order valence-corrected chi connectivity index (χ1v) is 11.7. The molecule has 1 unspecified atom stereocenters. The standard InChI is InChI=1S/C28H30ClNO3/c1-32-27(31)26(29)28(17-25(28)21-33-20-24-15-9-4-10-16-24)30(18-22-11-5-2-6-12-22)19-23-13-7-3-8-14-23/h2-16,25-26H,17-21H2,1H3/t25-,26?,28+/m0/s1. The van der Waals surface area contributed by atoms with Crippen LogP contribution in [0.25, 0.3) is 0 Å². The normalized spacial score (nSPS) is 20.4. The molecule has 0 spiro atoms. The molecule has 3 aromatic rings. The van der Waals surface area contributed by atoms with E-state index in [0.29, 0.717) is 26.3 Å². The number of carbonyl (C=O) groups is 1. The van der Waals surface area contributed by atoms with Crippen molar-refractivity contribution in [1.29, 1.82) is 0 Å². The molecule has 0 aromatic heterocycles. The number of alkyl halides is 1. The fraction of sp³-hybridized carbons (Fsp3) is 0.321. The van der Waals surface area contributed by atoms with Crippen LogP contribution in [0.4, 0.5) is 0 Å². The Kier molecular flexibility index (Phi) is 7.81. The molecular weight excluding hydrogens is 434 g/mol. The molecule has 0 saturated heterocycles. The summed E-state index contributed by atoms with van der Waals surface area (Å²) in [4.78, 5) is 15.0. The van der Waals surface area contributed by atoms with E-state index in [1.54, 1.807) is 0 Å². The number of ether oxygens (including phenoxy) is 2. The van der Waals surface area contributed by atoms with Crippen molar-refractivity contribution in [2.24, 2.45) is 5.92 Å². The maximum absolute atomic E-state index is 12.6. The third-order valence-electron chi connectivity index (χ3n) is 6.42. The first-order valence-electron chi connectivity index (χ1n) is 11.3. The van der Waals surface area contributed by atoms with Gasteiger partial charge in [-0.3, -0.25) is 9.69 Å². The molecule has 0 N–H and O–H groups in total. The Hall–Kier alpha value is -2.66. The van der Waals surface area contributed by atoms with Crippen LogP contribution in [-0.2, 0) is 34.0 Å². The molecule has 3 aromatic carbocycles. The zero-order chi connectivity index (χ0) is 23.1. The van der Waals surface area contributed by atoms with Gasteiger partial charge in [-0.25, -0.2) is 0 Å². The summed E-state index contributed by atoms with van der Waals surface area (Å²) in [6.45, 7) is 2.45. The molecule has 0 bridgehead atoms. The number of nitrogens with zero attached hydrogens (tertiary/aromatic N) is 1. The summed E-state index contributed by atoms with van der Waals surface area (Å²) >= 11 is 6.83. The summed E-state index contributed by atoms with van der Waals surface area (Å²) in [5, 5.41) is -0.778. The van der Waals surface area contributed by atoms with Gasteiger partial charge in [0, 0.05) is 19.0 Å². The van der Waals surface area contributed by atoms with Crippen molar-refractivity contribution in [3.8, 4) is 0 Å². The average Bonchev–Trinajstić information content (AvgIpc) is 3.60. The van der Waals surface area contributed by atoms with Crippen LogP contribution >= 0.6 is 11.6 Å². The van der Waals surface area contributed by atoms with E-state index in [4.69, 9.17) is 21.1 Å². The predicted molar refractivity (Wildman–Crippen MR) is 131 cm³/mol. The molecule has 3 atom stereocenters. The third-order valence-corrected chi connectivity index (χ3v) is 6.98. The highest BCUT2D eigenvalue weighted by atomic mass is 35.5. The second kappa shape index (κ2) is 11.0. The van der Waals surface area contributed by atoms with E-state index in [-0.39, 0.29) is 5.92 Å². The van der Waals surface area contributed by atoms with Crippen LogP contribution in [0.2, 0.25) is 0 Å². The monoisotopic (exact) mass is 463 g/mol. The van der Waals surface area contributed by atoms with E-state index in [2.05, 4.69) is 41.3 Å². The minimum absolute atomic E-state index is 0.134. The molecule has 1 fully saturated rings. The number of carbonyl (C=O) groups excluding carboxylic acids is 1. The van der Waals surface area contributed by atoms with E-state index in [9.17, 15) is 4.79 Å². The quantitative estimate of drug-likeness (QED) is 0.280. The Morgan fingerprint density at radius 1 is 0.909 bits per heavy atom. The van der Waals surface area contributed by atoms with Gasteiger partial charge < -0.3 is 9.47 Å². The van der Waals surface area contributed by atoms with Crippen LogP contribution in [0.1, 0.15) is 23.1 Å². The molecule has 1 aliphatic carbocycles. The molecule has 33 heavy (non-hydrogen) atoms. The highest BCUT2D eigenvalue weighted by Gasteiger charge is 2.64. The molecular formula is C28H30ClNO3. The predicted octanol–water partition coefficient (Wildman–Crippen LogP) is 5.44. The van der Waals surface area contributed by atoms with E-state index in [0.717, 1.165) is 12.0 Å². The smallest absolute Gasteiger partial charge is 0.325 e. The summed E-state index contributed by atoms with van der Waals surface area (Å²) in [5.41, 5.74) is 2.95. The number of hydrogen-bond acceptors (Lipinski definition) is 4. The molecule has 0 aliphatic heterocycles. The van der Waals surface area contributed by atoms with Gasteiger partial charge in [0.1, 0.15) is 5.38 Å². The van der Waals surface area contributed by atoms with Gasteiger partial charge in [0.05, 0.1) is 25.9 Å². The van der Waals surface area contributed by atoms with Gasteiger partial charge in [0.15, 0.2) is 0 Å². The highest BCUT2D eigenvalue weighted by molar-refractivity contribution is 6.31. The van der Waals surface area contributed by atoms with Crippen molar-refractivity contribution in [1.82, 2.24) is 4.90 Å². The van der Waals surface area contributed by atoms with E-state index in [1.807, 2.05) is 54.6 Å². The molecule has 4 rings (SSSR count). The number of methoxy groups -OCH3 is 1. The number of esters is 1. The molecule has 0 amide bonds. The lowest BCUT2D eigenvalue weighted by Gasteiger charge is -2.35. The molecule has 172 valence electrons. The second-order valence-corrected chi connectivity index (χ2v) is 9.04. The van der Waals surface area contributed by atoms with Crippen LogP contribution in [0.3, 0.4) is 0 Å². The number of rotatable bonds is 11. The van der Waals surface area contributed by atoms with Crippen molar-refractivity contribution in [2.75, 3.05) is 13.7 Å². The Labute approximate surface area is 201 Å². The van der Waals surface area contributed by atoms with Crippen molar-refractivity contribution < 1.29 is 14.3 Å². The van der Waals surface area contributed by atoms with E-state index >= 15 is 0 Å². The van der Waals surface area contributed by atoms with Gasteiger partial charge >= 0.3 is 5.97 Å². The van der Waals surface area contributed by atoms with Gasteiger partial charge in [0.25, 0.3) is 0 Å². The molecule has 0 heterocycles. The summed E-state index contributed by atoms with van der Waals surface area (Å²) in [6.07, 6.45) is 0.782. The Bertz CT molecular complexity index is 974. The third kappa shape index (κ3) is 5.64. The van der Waals surface area contributed by atoms with Crippen molar-refractivity contribution >= 4 is 17.6 Å². The number of benzene rings is 3. The lowest BCUT2D eigenvalue weighted by molar-refractivity contribution is -0.142. The lowest BCUT2D eigenvalue weighted by atomic mass is 10.0. The van der Waals surface area contributed by atoms with Crippen molar-refractivity contribution in [3.63, 3.8) is 0 Å². The first kappa shape index (κ1) is 23.5. The van der Waals surface area contributed by atoms with Crippen LogP contribution in [0.15, 0.2) is 91.0 Å². The topological polar surface area (TPSA) is 38.8 Å². The maximum Gasteiger partial charge on any atom is 0.325 e. The zero-order valence-corrected chi connectivity index (χ0v) is 19.7. The molecule has 4 nitrogen and oxygen atoms in total. The highest BCUT2D eigenvalue weighted by Crippen LogP contribution is 2.54. The van der Waals surface area contributed by atoms with Gasteiger partial charge in [-0.15, -0.1) is 11.6 Å². The minimum atomic E-state index is -0.778. The SMILES string of the molecule is COC(=O)C(Cl)[C@@]1(N(Cc2ccccc2)Cc2ccccc2)C[C@H]1COCc1ccccc1. The second-order valence-electron chi connectivity index (χ2n) is 8.61. The lowest BCUT2D eigenvalue weighted by Crippen LogP contribution is -2.48. The fourth-order valence-corrected chi connectivity index (χ4v) is 5.05. The van der Waals surface area contributed by atoms with Gasteiger partial charge in [-0.2, -0.15) is 0 Å². The van der Waals surface area contributed by atoms with Crippen LogP contribution in [0, 0.1) is 5.92 Å². The Balaban J connectivity index is 1.57. The summed E-state index contributed by atoms with van der Waals surface area (Å²) in [7, 11) is 1.40. The van der Waals surface area contributed by atoms with Crippen LogP contribution in [-0.4, -0.2) is 35.5 Å². The van der Waals surface area contributed by atoms with Crippen LogP contribution in [0.5, 0.6) is 0 Å². The first-order chi connectivity index (χ1) is 16.1. The van der Waals surface area contributed by atoms with Crippen LogP contribution < -0.4 is 0 Å². The number of hydrogen-bond donors (Lipinski definition) is 0. The van der Waals surface area contributed by atoms with Gasteiger partial charge in [-0.05, 0) is 23.1 Å². The van der Waals surface area contributed by atoms with Crippen molar-refractivity contribution in [3.05, 3.63) is 108 Å². The summed E-state index contributed by atoms with van der Waals surface area (Å²) in [6, 6.07) is 30.7. The van der Waals surface area contributed by atoms with E-state index < -0.39 is 16.9 Å². The molecule has 5 heteroatoms. The minimum Gasteiger partial charge on any atom is -0.468 e. The molecule has 0 radical (unpaired) electrons. The largest absolute Gasteiger partial charge is 0.468 e. The zero-order valence-electron chi connectivity index (χ0n) is 18.9. The Morgan fingerprint density at radius 2 is 1.39 bits per heavy atom. The molecule has 1 saturated carbocycles. The summed E-state index contributed by atoms with van der Waals surface area (Å²) < 4.78 is 11.1. The van der Waals surface area contributed by atoms with Gasteiger partial charge in [0.2, 0.25) is 0 Å². The van der Waals surface area contributed by atoms with Crippen molar-refractivity contribution in [2.45, 2.75) is 37.0 Å². The number of halogens is 1.